The molecule has 1 amide bonds. The van der Waals surface area contributed by atoms with E-state index in [2.05, 4.69) is 19.2 Å². The highest BCUT2D eigenvalue weighted by Gasteiger charge is 2.31. The SMILES string of the molecule is CC(C)[C@H]1OCC[C@@H]1CNC(=O)[C@@H](O)c1ccccc1. The van der Waals surface area contributed by atoms with Crippen LogP contribution in [0.4, 0.5) is 0 Å². The van der Waals surface area contributed by atoms with Gasteiger partial charge in [0, 0.05) is 19.1 Å². The van der Waals surface area contributed by atoms with Crippen LogP contribution in [-0.4, -0.2) is 30.3 Å². The minimum atomic E-state index is -1.10. The standard InChI is InChI=1S/C16H23NO3/c1-11(2)15-13(8-9-20-15)10-17-16(19)14(18)12-6-4-3-5-7-12/h3-7,11,13-15,18H,8-10H2,1-2H3,(H,17,19)/t13-,14+,15-/m1/s1. The van der Waals surface area contributed by atoms with E-state index in [-0.39, 0.29) is 12.0 Å². The third-order valence-electron chi connectivity index (χ3n) is 3.82. The summed E-state index contributed by atoms with van der Waals surface area (Å²) >= 11 is 0. The second kappa shape index (κ2) is 6.86. The predicted octanol–water partition coefficient (Wildman–Crippen LogP) is 1.90. The monoisotopic (exact) mass is 277 g/mol. The maximum Gasteiger partial charge on any atom is 0.253 e. The Morgan fingerprint density at radius 2 is 2.10 bits per heavy atom. The Morgan fingerprint density at radius 3 is 2.75 bits per heavy atom. The molecule has 0 unspecified atom stereocenters. The first-order valence-corrected chi connectivity index (χ1v) is 7.22. The molecule has 1 aromatic carbocycles. The molecular weight excluding hydrogens is 254 g/mol. The number of benzene rings is 1. The molecule has 4 nitrogen and oxygen atoms in total. The van der Waals surface area contributed by atoms with Gasteiger partial charge in [0.15, 0.2) is 6.10 Å². The summed E-state index contributed by atoms with van der Waals surface area (Å²) in [6.45, 7) is 5.57. The van der Waals surface area contributed by atoms with Crippen molar-refractivity contribution in [3.05, 3.63) is 35.9 Å². The molecule has 20 heavy (non-hydrogen) atoms. The smallest absolute Gasteiger partial charge is 0.253 e. The number of rotatable bonds is 5. The van der Waals surface area contributed by atoms with Crippen molar-refractivity contribution in [2.75, 3.05) is 13.2 Å². The van der Waals surface area contributed by atoms with E-state index in [1.807, 2.05) is 18.2 Å². The van der Waals surface area contributed by atoms with Crippen LogP contribution in [0.15, 0.2) is 30.3 Å². The zero-order chi connectivity index (χ0) is 14.5. The molecule has 1 aliphatic rings. The summed E-state index contributed by atoms with van der Waals surface area (Å²) in [5, 5.41) is 12.8. The maximum atomic E-state index is 12.0. The number of aliphatic hydroxyl groups is 1. The lowest BCUT2D eigenvalue weighted by atomic mass is 9.93. The van der Waals surface area contributed by atoms with Gasteiger partial charge in [-0.3, -0.25) is 4.79 Å². The first-order chi connectivity index (χ1) is 9.59. The van der Waals surface area contributed by atoms with Crippen LogP contribution in [0, 0.1) is 11.8 Å². The Kier molecular flexibility index (Phi) is 5.15. The van der Waals surface area contributed by atoms with E-state index in [9.17, 15) is 9.90 Å². The van der Waals surface area contributed by atoms with Crippen LogP contribution >= 0.6 is 0 Å². The fourth-order valence-corrected chi connectivity index (χ4v) is 2.73. The van der Waals surface area contributed by atoms with Gasteiger partial charge in [0.1, 0.15) is 0 Å². The zero-order valence-electron chi connectivity index (χ0n) is 12.1. The highest BCUT2D eigenvalue weighted by atomic mass is 16.5. The number of aliphatic hydroxyl groups excluding tert-OH is 1. The van der Waals surface area contributed by atoms with E-state index in [4.69, 9.17) is 4.74 Å². The predicted molar refractivity (Wildman–Crippen MR) is 77.1 cm³/mol. The van der Waals surface area contributed by atoms with Gasteiger partial charge >= 0.3 is 0 Å². The lowest BCUT2D eigenvalue weighted by Crippen LogP contribution is -2.37. The van der Waals surface area contributed by atoms with Crippen LogP contribution in [0.2, 0.25) is 0 Å². The third-order valence-corrected chi connectivity index (χ3v) is 3.82. The molecule has 0 aliphatic carbocycles. The van der Waals surface area contributed by atoms with Gasteiger partial charge < -0.3 is 15.2 Å². The average Bonchev–Trinajstić information content (AvgIpc) is 2.93. The Bertz CT molecular complexity index is 433. The van der Waals surface area contributed by atoms with Gasteiger partial charge in [0.25, 0.3) is 5.91 Å². The van der Waals surface area contributed by atoms with Crippen molar-refractivity contribution in [1.82, 2.24) is 5.32 Å². The molecular formula is C16H23NO3. The van der Waals surface area contributed by atoms with Crippen LogP contribution in [0.25, 0.3) is 0 Å². The van der Waals surface area contributed by atoms with E-state index in [1.165, 1.54) is 0 Å². The molecule has 1 aliphatic heterocycles. The summed E-state index contributed by atoms with van der Waals surface area (Å²) in [4.78, 5) is 12.0. The minimum Gasteiger partial charge on any atom is -0.378 e. The van der Waals surface area contributed by atoms with Crippen molar-refractivity contribution in [3.8, 4) is 0 Å². The molecule has 110 valence electrons. The molecule has 0 spiro atoms. The number of nitrogens with one attached hydrogen (secondary N) is 1. The average molecular weight is 277 g/mol. The number of carbonyl (C=O) groups excluding carboxylic acids is 1. The second-order valence-electron chi connectivity index (χ2n) is 5.69. The van der Waals surface area contributed by atoms with Crippen molar-refractivity contribution >= 4 is 5.91 Å². The van der Waals surface area contributed by atoms with Gasteiger partial charge in [-0.2, -0.15) is 0 Å². The molecule has 4 heteroatoms. The Morgan fingerprint density at radius 1 is 1.40 bits per heavy atom. The third kappa shape index (κ3) is 3.58. The molecule has 1 saturated heterocycles. The molecule has 2 rings (SSSR count). The summed E-state index contributed by atoms with van der Waals surface area (Å²) in [5.74, 6) is 0.436. The van der Waals surface area contributed by atoms with E-state index in [0.717, 1.165) is 13.0 Å². The first kappa shape index (κ1) is 15.0. The molecule has 1 fully saturated rings. The fraction of sp³-hybridized carbons (Fsp3) is 0.562. The molecule has 0 bridgehead atoms. The van der Waals surface area contributed by atoms with Crippen LogP contribution in [0.1, 0.15) is 31.9 Å². The maximum absolute atomic E-state index is 12.0. The topological polar surface area (TPSA) is 58.6 Å². The second-order valence-corrected chi connectivity index (χ2v) is 5.69. The quantitative estimate of drug-likeness (QED) is 0.864. The van der Waals surface area contributed by atoms with Crippen molar-refractivity contribution in [1.29, 1.82) is 0 Å². The van der Waals surface area contributed by atoms with Gasteiger partial charge in [-0.1, -0.05) is 44.2 Å². The van der Waals surface area contributed by atoms with E-state index >= 15 is 0 Å². The highest BCUT2D eigenvalue weighted by Crippen LogP contribution is 2.26. The zero-order valence-corrected chi connectivity index (χ0v) is 12.1. The van der Waals surface area contributed by atoms with E-state index in [1.54, 1.807) is 12.1 Å². The Hall–Kier alpha value is -1.39. The van der Waals surface area contributed by atoms with Gasteiger partial charge in [0.2, 0.25) is 0 Å². The first-order valence-electron chi connectivity index (χ1n) is 7.22. The highest BCUT2D eigenvalue weighted by molar-refractivity contribution is 5.81. The van der Waals surface area contributed by atoms with Gasteiger partial charge in [-0.05, 0) is 17.9 Å². The van der Waals surface area contributed by atoms with Crippen molar-refractivity contribution < 1.29 is 14.6 Å². The fourth-order valence-electron chi connectivity index (χ4n) is 2.73. The summed E-state index contributed by atoms with van der Waals surface area (Å²) in [7, 11) is 0. The van der Waals surface area contributed by atoms with Gasteiger partial charge in [0.05, 0.1) is 6.10 Å². The largest absolute Gasteiger partial charge is 0.378 e. The lowest BCUT2D eigenvalue weighted by molar-refractivity contribution is -0.129. The van der Waals surface area contributed by atoms with E-state index in [0.29, 0.717) is 23.9 Å². The summed E-state index contributed by atoms with van der Waals surface area (Å²) in [5.41, 5.74) is 0.619. The lowest BCUT2D eigenvalue weighted by Gasteiger charge is -2.22. The Balaban J connectivity index is 1.86. The van der Waals surface area contributed by atoms with Crippen LogP contribution in [0.3, 0.4) is 0 Å². The molecule has 1 aromatic rings. The van der Waals surface area contributed by atoms with Gasteiger partial charge in [-0.15, -0.1) is 0 Å². The number of hydrogen-bond donors (Lipinski definition) is 2. The van der Waals surface area contributed by atoms with Crippen LogP contribution < -0.4 is 5.32 Å². The minimum absolute atomic E-state index is 0.198. The van der Waals surface area contributed by atoms with Crippen molar-refractivity contribution in [3.63, 3.8) is 0 Å². The molecule has 2 N–H and O–H groups in total. The number of hydrogen-bond acceptors (Lipinski definition) is 3. The normalized spacial score (nSPS) is 23.8. The van der Waals surface area contributed by atoms with Crippen molar-refractivity contribution in [2.45, 2.75) is 32.5 Å². The van der Waals surface area contributed by atoms with Crippen LogP contribution in [0.5, 0.6) is 0 Å². The molecule has 0 saturated carbocycles. The summed E-state index contributed by atoms with van der Waals surface area (Å²) in [6, 6.07) is 8.98. The Labute approximate surface area is 120 Å². The molecule has 0 aromatic heterocycles. The van der Waals surface area contributed by atoms with E-state index < -0.39 is 6.10 Å². The van der Waals surface area contributed by atoms with Crippen LogP contribution in [-0.2, 0) is 9.53 Å². The molecule has 3 atom stereocenters. The molecule has 1 heterocycles. The molecule has 0 radical (unpaired) electrons. The summed E-state index contributed by atoms with van der Waals surface area (Å²) in [6.07, 6.45) is 0.0603. The number of amides is 1. The number of carbonyl (C=O) groups is 1. The van der Waals surface area contributed by atoms with Gasteiger partial charge in [-0.25, -0.2) is 0 Å². The summed E-state index contributed by atoms with van der Waals surface area (Å²) < 4.78 is 5.69. The number of ether oxygens (including phenoxy) is 1. The van der Waals surface area contributed by atoms with Crippen molar-refractivity contribution in [2.24, 2.45) is 11.8 Å².